The Kier molecular flexibility index (Phi) is 8.52. The minimum absolute atomic E-state index is 0.495. The van der Waals surface area contributed by atoms with Crippen molar-refractivity contribution in [3.63, 3.8) is 0 Å². The quantitative estimate of drug-likeness (QED) is 0.143. The van der Waals surface area contributed by atoms with E-state index in [1.165, 1.54) is 0 Å². The van der Waals surface area contributed by atoms with Crippen molar-refractivity contribution in [2.24, 2.45) is 0 Å². The summed E-state index contributed by atoms with van der Waals surface area (Å²) in [7, 11) is 0. The summed E-state index contributed by atoms with van der Waals surface area (Å²) in [6, 6.07) is 52.6. The van der Waals surface area contributed by atoms with Gasteiger partial charge in [0, 0.05) is 47.0 Å². The molecule has 0 amide bonds. The number of nitrogens with zero attached hydrogens (tertiary/aromatic N) is 8. The van der Waals surface area contributed by atoms with Crippen LogP contribution in [0.25, 0.3) is 135 Å². The van der Waals surface area contributed by atoms with E-state index in [0.29, 0.717) is 68.5 Å². The van der Waals surface area contributed by atoms with Crippen molar-refractivity contribution in [2.75, 3.05) is 0 Å². The number of benzene rings is 5. The zero-order valence-electron chi connectivity index (χ0n) is 34.5. The van der Waals surface area contributed by atoms with Gasteiger partial charge in [0.1, 0.15) is 22.1 Å². The van der Waals surface area contributed by atoms with Gasteiger partial charge in [0.05, 0.1) is 0 Å². The van der Waals surface area contributed by atoms with Crippen molar-refractivity contribution in [1.29, 1.82) is 0 Å². The van der Waals surface area contributed by atoms with Crippen molar-refractivity contribution >= 4 is 44.9 Å². The van der Waals surface area contributed by atoms with E-state index in [0.717, 1.165) is 66.8 Å². The summed E-state index contributed by atoms with van der Waals surface area (Å²) in [5.41, 5.74) is 16.2. The van der Waals surface area contributed by atoms with Crippen molar-refractivity contribution in [1.82, 2.24) is 39.9 Å². The number of hydrogen-bond donors (Lipinski definition) is 0. The number of rotatable bonds is 8. The summed E-state index contributed by atoms with van der Waals surface area (Å²) in [6.07, 6.45) is 6.80. The van der Waals surface area contributed by atoms with Gasteiger partial charge in [-0.2, -0.15) is 0 Å². The van der Waals surface area contributed by atoms with E-state index in [9.17, 15) is 0 Å². The molecule has 0 unspecified atom stereocenters. The van der Waals surface area contributed by atoms with E-state index in [-0.39, 0.29) is 0 Å². The second-order valence-electron chi connectivity index (χ2n) is 15.6. The highest BCUT2D eigenvalue weighted by atomic mass is 16.4. The molecular formula is C54H30N8O4. The molecular weight excluding hydrogens is 825 g/mol. The summed E-state index contributed by atoms with van der Waals surface area (Å²) in [5, 5.41) is 0. The van der Waals surface area contributed by atoms with Crippen LogP contribution in [0.5, 0.6) is 0 Å². The molecule has 0 aliphatic carbocycles. The zero-order valence-corrected chi connectivity index (χ0v) is 34.5. The lowest BCUT2D eigenvalue weighted by Crippen LogP contribution is -1.93. The minimum Gasteiger partial charge on any atom is -0.418 e. The Bertz CT molecular complexity index is 3280. The molecule has 0 bridgehead atoms. The highest BCUT2D eigenvalue weighted by molar-refractivity contribution is 5.96. The second-order valence-corrected chi connectivity index (χ2v) is 15.6. The minimum atomic E-state index is 0.495. The van der Waals surface area contributed by atoms with Gasteiger partial charge in [-0.15, -0.1) is 0 Å². The maximum absolute atomic E-state index is 6.05. The SMILES string of the molecule is c1cnc2oc(-c3ccc(-c4cc(-c5ccc(-c6nc7cccnc7o6)cc5)c(-c5ccc(-c6nc7cccnc7o6)cc5)cc4-c4ccc(-c5nc6cccnc6o5)cc4)cc3)nc2c1. The Labute approximate surface area is 374 Å². The van der Waals surface area contributed by atoms with Gasteiger partial charge in [0.2, 0.25) is 46.4 Å². The van der Waals surface area contributed by atoms with Crippen LogP contribution in [0.4, 0.5) is 0 Å². The molecule has 0 fully saturated rings. The number of hydrogen-bond acceptors (Lipinski definition) is 12. The molecule has 13 aromatic rings. The van der Waals surface area contributed by atoms with Crippen LogP contribution in [0, 0.1) is 0 Å². The van der Waals surface area contributed by atoms with Gasteiger partial charge in [0.25, 0.3) is 0 Å². The fraction of sp³-hybridized carbons (Fsp3) is 0. The van der Waals surface area contributed by atoms with Crippen molar-refractivity contribution < 1.29 is 17.7 Å². The average Bonchev–Trinajstić information content (AvgIpc) is 4.21. The van der Waals surface area contributed by atoms with Gasteiger partial charge in [-0.3, -0.25) is 0 Å². The Morgan fingerprint density at radius 2 is 0.455 bits per heavy atom. The number of fused-ring (bicyclic) bond motifs is 4. The van der Waals surface area contributed by atoms with Gasteiger partial charge in [-0.05, 0) is 154 Å². The van der Waals surface area contributed by atoms with Gasteiger partial charge < -0.3 is 17.7 Å². The van der Waals surface area contributed by atoms with Crippen LogP contribution in [-0.4, -0.2) is 39.9 Å². The topological polar surface area (TPSA) is 156 Å². The first kappa shape index (κ1) is 37.2. The molecule has 13 rings (SSSR count). The van der Waals surface area contributed by atoms with Crippen LogP contribution < -0.4 is 0 Å². The van der Waals surface area contributed by atoms with Crippen LogP contribution in [0.3, 0.4) is 0 Å². The molecule has 0 aliphatic rings. The van der Waals surface area contributed by atoms with Crippen LogP contribution in [0.15, 0.2) is 200 Å². The van der Waals surface area contributed by atoms with Gasteiger partial charge in [0.15, 0.2) is 0 Å². The summed E-state index contributed by atoms with van der Waals surface area (Å²) in [6.45, 7) is 0. The first-order valence-electron chi connectivity index (χ1n) is 21.1. The molecule has 8 heterocycles. The highest BCUT2D eigenvalue weighted by Gasteiger charge is 2.20. The van der Waals surface area contributed by atoms with E-state index < -0.39 is 0 Å². The summed E-state index contributed by atoms with van der Waals surface area (Å²) >= 11 is 0. The van der Waals surface area contributed by atoms with Crippen LogP contribution in [0.1, 0.15) is 0 Å². The predicted molar refractivity (Wildman–Crippen MR) is 251 cm³/mol. The van der Waals surface area contributed by atoms with Crippen molar-refractivity contribution in [2.45, 2.75) is 0 Å². The standard InChI is InChI=1S/C54H30N8O4/c1-5-43-51(55-25-1)63-47(59-43)35-17-9-31(10-18-35)39-29-41(33-13-21-37(22-14-33)49-61-45-7-3-27-57-53(45)65-49)42(34-15-23-38(24-16-34)50-62-46-8-4-28-58-54(46)66-50)30-40(39)32-11-19-36(20-12-32)48-60-44-6-2-26-56-52(44)64-48/h1-30H. The molecule has 310 valence electrons. The third-order valence-electron chi connectivity index (χ3n) is 11.6. The molecule has 0 radical (unpaired) electrons. The van der Waals surface area contributed by atoms with Gasteiger partial charge >= 0.3 is 0 Å². The lowest BCUT2D eigenvalue weighted by atomic mass is 9.85. The van der Waals surface area contributed by atoms with E-state index in [2.05, 4.69) is 80.6 Å². The van der Waals surface area contributed by atoms with Gasteiger partial charge in [-0.1, -0.05) is 48.5 Å². The molecule has 0 saturated heterocycles. The first-order chi connectivity index (χ1) is 32.6. The smallest absolute Gasteiger partial charge is 0.247 e. The molecule has 0 saturated carbocycles. The molecule has 0 atom stereocenters. The molecule has 0 N–H and O–H groups in total. The Morgan fingerprint density at radius 1 is 0.242 bits per heavy atom. The summed E-state index contributed by atoms with van der Waals surface area (Å²) < 4.78 is 24.2. The van der Waals surface area contributed by atoms with Crippen LogP contribution in [0.2, 0.25) is 0 Å². The van der Waals surface area contributed by atoms with Crippen molar-refractivity contribution in [3.05, 3.63) is 183 Å². The van der Waals surface area contributed by atoms with E-state index in [4.69, 9.17) is 37.6 Å². The molecule has 12 nitrogen and oxygen atoms in total. The maximum Gasteiger partial charge on any atom is 0.247 e. The number of pyridine rings is 4. The Balaban J connectivity index is 0.969. The molecule has 8 aromatic heterocycles. The Hall–Kier alpha value is -9.42. The fourth-order valence-electron chi connectivity index (χ4n) is 8.30. The van der Waals surface area contributed by atoms with Crippen LogP contribution >= 0.6 is 0 Å². The third-order valence-corrected chi connectivity index (χ3v) is 11.6. The molecule has 0 spiro atoms. The predicted octanol–water partition coefficient (Wildman–Crippen LogP) is 13.2. The fourth-order valence-corrected chi connectivity index (χ4v) is 8.30. The summed E-state index contributed by atoms with van der Waals surface area (Å²) in [5.74, 6) is 2.01. The lowest BCUT2D eigenvalue weighted by molar-refractivity contribution is 0.607. The molecule has 5 aromatic carbocycles. The number of oxazole rings is 4. The van der Waals surface area contributed by atoms with E-state index >= 15 is 0 Å². The lowest BCUT2D eigenvalue weighted by Gasteiger charge is -2.19. The molecule has 66 heavy (non-hydrogen) atoms. The maximum atomic E-state index is 6.05. The third kappa shape index (κ3) is 6.56. The second kappa shape index (κ2) is 15.1. The normalized spacial score (nSPS) is 11.6. The summed E-state index contributed by atoms with van der Waals surface area (Å²) in [4.78, 5) is 36.2. The van der Waals surface area contributed by atoms with E-state index in [1.807, 2.05) is 97.1 Å². The zero-order chi connectivity index (χ0) is 43.6. The highest BCUT2D eigenvalue weighted by Crippen LogP contribution is 2.44. The monoisotopic (exact) mass is 854 g/mol. The van der Waals surface area contributed by atoms with Gasteiger partial charge in [-0.25, -0.2) is 39.9 Å². The van der Waals surface area contributed by atoms with Crippen molar-refractivity contribution in [3.8, 4) is 90.3 Å². The van der Waals surface area contributed by atoms with Crippen LogP contribution in [-0.2, 0) is 0 Å². The number of aromatic nitrogens is 8. The Morgan fingerprint density at radius 3 is 0.667 bits per heavy atom. The first-order valence-corrected chi connectivity index (χ1v) is 21.1. The van der Waals surface area contributed by atoms with E-state index in [1.54, 1.807) is 24.8 Å². The largest absolute Gasteiger partial charge is 0.418 e. The molecule has 12 heteroatoms. The average molecular weight is 855 g/mol. The molecule has 0 aliphatic heterocycles.